The van der Waals surface area contributed by atoms with Crippen LogP contribution in [0, 0.1) is 11.3 Å². The lowest BCUT2D eigenvalue weighted by Crippen LogP contribution is -1.90. The second kappa shape index (κ2) is 3.65. The van der Waals surface area contributed by atoms with Gasteiger partial charge in [0, 0.05) is 5.39 Å². The number of hydrogen-bond donors (Lipinski definition) is 0. The van der Waals surface area contributed by atoms with Crippen LogP contribution < -0.4 is 0 Å². The number of benzene rings is 1. The molecule has 68 valence electrons. The van der Waals surface area contributed by atoms with E-state index in [1.165, 1.54) is 0 Å². The van der Waals surface area contributed by atoms with Crippen LogP contribution >= 0.6 is 11.6 Å². The molecule has 0 unspecified atom stereocenters. The smallest absolute Gasteiger partial charge is 0.0999 e. The standard InChI is InChI=1S/C11H7ClN2/c12-6-9-5-8(7-13)10-3-1-2-4-11(10)14-9/h1-5H,6H2. The summed E-state index contributed by atoms with van der Waals surface area (Å²) in [5, 5.41) is 9.81. The van der Waals surface area contributed by atoms with E-state index in [4.69, 9.17) is 16.9 Å². The lowest BCUT2D eigenvalue weighted by molar-refractivity contribution is 1.21. The summed E-state index contributed by atoms with van der Waals surface area (Å²) in [6.45, 7) is 0. The Morgan fingerprint density at radius 1 is 1.36 bits per heavy atom. The van der Waals surface area contributed by atoms with Crippen molar-refractivity contribution >= 4 is 22.5 Å². The summed E-state index contributed by atoms with van der Waals surface area (Å²) < 4.78 is 0. The summed E-state index contributed by atoms with van der Waals surface area (Å²) in [5.41, 5.74) is 2.19. The van der Waals surface area contributed by atoms with Gasteiger partial charge in [0.25, 0.3) is 0 Å². The fourth-order valence-corrected chi connectivity index (χ4v) is 1.53. The number of aromatic nitrogens is 1. The number of nitrogens with zero attached hydrogens (tertiary/aromatic N) is 2. The Hall–Kier alpha value is -1.59. The van der Waals surface area contributed by atoms with Crippen molar-refractivity contribution in [3.8, 4) is 6.07 Å². The van der Waals surface area contributed by atoms with Crippen LogP contribution in [-0.2, 0) is 5.88 Å². The molecule has 1 aromatic heterocycles. The maximum Gasteiger partial charge on any atom is 0.0999 e. The van der Waals surface area contributed by atoms with Crippen molar-refractivity contribution in [1.82, 2.24) is 4.98 Å². The van der Waals surface area contributed by atoms with Crippen LogP contribution in [0.3, 0.4) is 0 Å². The molecule has 3 heteroatoms. The van der Waals surface area contributed by atoms with Crippen LogP contribution in [0.2, 0.25) is 0 Å². The van der Waals surface area contributed by atoms with Crippen molar-refractivity contribution in [2.24, 2.45) is 0 Å². The number of para-hydroxylation sites is 1. The average Bonchev–Trinajstić information content (AvgIpc) is 2.27. The largest absolute Gasteiger partial charge is 0.251 e. The minimum Gasteiger partial charge on any atom is -0.251 e. The maximum absolute atomic E-state index is 8.93. The molecule has 0 aliphatic carbocycles. The van der Waals surface area contributed by atoms with E-state index in [2.05, 4.69) is 11.1 Å². The third kappa shape index (κ3) is 1.43. The molecule has 0 aliphatic heterocycles. The molecule has 0 bridgehead atoms. The van der Waals surface area contributed by atoms with Crippen LogP contribution in [0.5, 0.6) is 0 Å². The summed E-state index contributed by atoms with van der Waals surface area (Å²) in [6.07, 6.45) is 0. The maximum atomic E-state index is 8.93. The van der Waals surface area contributed by atoms with Gasteiger partial charge in [0.05, 0.1) is 28.7 Å². The predicted molar refractivity (Wildman–Crippen MR) is 56.0 cm³/mol. The van der Waals surface area contributed by atoms with Crippen molar-refractivity contribution in [3.05, 3.63) is 41.6 Å². The van der Waals surface area contributed by atoms with Crippen LogP contribution in [-0.4, -0.2) is 4.98 Å². The first-order valence-electron chi connectivity index (χ1n) is 4.20. The topological polar surface area (TPSA) is 36.7 Å². The monoisotopic (exact) mass is 202 g/mol. The van der Waals surface area contributed by atoms with Gasteiger partial charge in [0.1, 0.15) is 0 Å². The minimum atomic E-state index is 0.333. The Morgan fingerprint density at radius 2 is 2.14 bits per heavy atom. The quantitative estimate of drug-likeness (QED) is 0.667. The normalized spacial score (nSPS) is 10.0. The minimum absolute atomic E-state index is 0.333. The van der Waals surface area contributed by atoms with Gasteiger partial charge < -0.3 is 0 Å². The Morgan fingerprint density at radius 3 is 2.86 bits per heavy atom. The highest BCUT2D eigenvalue weighted by Crippen LogP contribution is 2.18. The highest BCUT2D eigenvalue weighted by atomic mass is 35.5. The van der Waals surface area contributed by atoms with Crippen molar-refractivity contribution in [1.29, 1.82) is 5.26 Å². The molecule has 0 atom stereocenters. The SMILES string of the molecule is N#Cc1cc(CCl)nc2ccccc12. The number of rotatable bonds is 1. The Kier molecular flexibility index (Phi) is 2.34. The summed E-state index contributed by atoms with van der Waals surface area (Å²) >= 11 is 5.68. The van der Waals surface area contributed by atoms with Crippen LogP contribution in [0.15, 0.2) is 30.3 Å². The Bertz CT molecular complexity index is 514. The molecule has 1 heterocycles. The Balaban J connectivity index is 2.82. The lowest BCUT2D eigenvalue weighted by atomic mass is 10.1. The van der Waals surface area contributed by atoms with Crippen molar-refractivity contribution in [2.75, 3.05) is 0 Å². The molecule has 2 nitrogen and oxygen atoms in total. The lowest BCUT2D eigenvalue weighted by Gasteiger charge is -2.01. The van der Waals surface area contributed by atoms with E-state index in [0.29, 0.717) is 11.4 Å². The fourth-order valence-electron chi connectivity index (χ4n) is 1.39. The van der Waals surface area contributed by atoms with Crippen LogP contribution in [0.1, 0.15) is 11.3 Å². The first-order valence-corrected chi connectivity index (χ1v) is 4.73. The van der Waals surface area contributed by atoms with Crippen LogP contribution in [0.4, 0.5) is 0 Å². The zero-order valence-electron chi connectivity index (χ0n) is 7.37. The van der Waals surface area contributed by atoms with E-state index in [0.717, 1.165) is 16.6 Å². The van der Waals surface area contributed by atoms with E-state index in [-0.39, 0.29) is 0 Å². The molecule has 0 fully saturated rings. The van der Waals surface area contributed by atoms with Crippen LogP contribution in [0.25, 0.3) is 10.9 Å². The molecule has 14 heavy (non-hydrogen) atoms. The van der Waals surface area contributed by atoms with Gasteiger partial charge in [-0.3, -0.25) is 4.98 Å². The van der Waals surface area contributed by atoms with Gasteiger partial charge in [-0.05, 0) is 12.1 Å². The molecule has 0 N–H and O–H groups in total. The summed E-state index contributed by atoms with van der Waals surface area (Å²) in [6, 6.07) is 11.4. The molecular formula is C11H7ClN2. The van der Waals surface area contributed by atoms with Gasteiger partial charge in [-0.25, -0.2) is 0 Å². The number of fused-ring (bicyclic) bond motifs is 1. The van der Waals surface area contributed by atoms with Crippen molar-refractivity contribution in [3.63, 3.8) is 0 Å². The van der Waals surface area contributed by atoms with E-state index in [9.17, 15) is 0 Å². The fraction of sp³-hybridized carbons (Fsp3) is 0.0909. The van der Waals surface area contributed by atoms with Gasteiger partial charge in [-0.2, -0.15) is 5.26 Å². The van der Waals surface area contributed by atoms with E-state index >= 15 is 0 Å². The zero-order valence-corrected chi connectivity index (χ0v) is 8.12. The van der Waals surface area contributed by atoms with E-state index in [1.807, 2.05) is 24.3 Å². The molecule has 0 saturated carbocycles. The first kappa shape index (κ1) is 8.98. The van der Waals surface area contributed by atoms with Gasteiger partial charge in [-0.15, -0.1) is 11.6 Å². The van der Waals surface area contributed by atoms with Gasteiger partial charge >= 0.3 is 0 Å². The Labute approximate surface area is 86.8 Å². The molecule has 0 amide bonds. The molecule has 2 aromatic rings. The summed E-state index contributed by atoms with van der Waals surface area (Å²) in [7, 11) is 0. The summed E-state index contributed by atoms with van der Waals surface area (Å²) in [5.74, 6) is 0.333. The van der Waals surface area contributed by atoms with Gasteiger partial charge in [0.15, 0.2) is 0 Å². The van der Waals surface area contributed by atoms with Gasteiger partial charge in [-0.1, -0.05) is 18.2 Å². The molecule has 0 aliphatic rings. The second-order valence-electron chi connectivity index (χ2n) is 2.92. The predicted octanol–water partition coefficient (Wildman–Crippen LogP) is 2.85. The van der Waals surface area contributed by atoms with E-state index < -0.39 is 0 Å². The average molecular weight is 203 g/mol. The van der Waals surface area contributed by atoms with Crippen molar-refractivity contribution < 1.29 is 0 Å². The second-order valence-corrected chi connectivity index (χ2v) is 3.19. The number of pyridine rings is 1. The first-order chi connectivity index (χ1) is 6.85. The highest BCUT2D eigenvalue weighted by molar-refractivity contribution is 6.17. The zero-order chi connectivity index (χ0) is 9.97. The summed E-state index contributed by atoms with van der Waals surface area (Å²) in [4.78, 5) is 4.32. The van der Waals surface area contributed by atoms with Gasteiger partial charge in [0.2, 0.25) is 0 Å². The number of nitriles is 1. The molecule has 2 rings (SSSR count). The van der Waals surface area contributed by atoms with Crippen molar-refractivity contribution in [2.45, 2.75) is 5.88 Å². The number of alkyl halides is 1. The highest BCUT2D eigenvalue weighted by Gasteiger charge is 2.03. The third-order valence-electron chi connectivity index (χ3n) is 2.03. The third-order valence-corrected chi connectivity index (χ3v) is 2.30. The number of hydrogen-bond acceptors (Lipinski definition) is 2. The molecule has 1 aromatic carbocycles. The molecule has 0 radical (unpaired) electrons. The molecule has 0 spiro atoms. The molecular weight excluding hydrogens is 196 g/mol. The molecule has 0 saturated heterocycles. The number of halogens is 1. The van der Waals surface area contributed by atoms with E-state index in [1.54, 1.807) is 6.07 Å².